The van der Waals surface area contributed by atoms with Crippen LogP contribution < -0.4 is 5.32 Å². The fourth-order valence-corrected chi connectivity index (χ4v) is 4.82. The number of benzene rings is 1. The highest BCUT2D eigenvalue weighted by Crippen LogP contribution is 2.37. The van der Waals surface area contributed by atoms with Gasteiger partial charge in [0.1, 0.15) is 11.1 Å². The zero-order valence-electron chi connectivity index (χ0n) is 15.9. The van der Waals surface area contributed by atoms with Crippen LogP contribution in [0.3, 0.4) is 0 Å². The molecular formula is C21H22N2O3S2. The standard InChI is InChI=1S/C21H22N2O3S2/c1-13(26-21(25)14-8-10-15(27-2)11-9-14)19(24)23-20-17(12-22)16-6-4-3-5-7-18(16)28-20/h8-11,13H,3-7H2,1-2H3,(H,23,24)/t13-/m1/s1. The molecule has 1 aliphatic carbocycles. The van der Waals surface area contributed by atoms with Crippen LogP contribution >= 0.6 is 23.1 Å². The van der Waals surface area contributed by atoms with Crippen LogP contribution in [-0.2, 0) is 22.4 Å². The molecule has 1 atom stereocenters. The maximum absolute atomic E-state index is 12.5. The van der Waals surface area contributed by atoms with Crippen molar-refractivity contribution in [1.82, 2.24) is 0 Å². The third-order valence-electron chi connectivity index (χ3n) is 4.75. The van der Waals surface area contributed by atoms with Crippen LogP contribution in [0.15, 0.2) is 29.2 Å². The molecule has 5 nitrogen and oxygen atoms in total. The fraction of sp³-hybridized carbons (Fsp3) is 0.381. The fourth-order valence-electron chi connectivity index (χ4n) is 3.17. The predicted molar refractivity (Wildman–Crippen MR) is 112 cm³/mol. The number of esters is 1. The lowest BCUT2D eigenvalue weighted by atomic mass is 10.1. The van der Waals surface area contributed by atoms with E-state index in [1.54, 1.807) is 23.9 Å². The van der Waals surface area contributed by atoms with Gasteiger partial charge >= 0.3 is 5.97 Å². The van der Waals surface area contributed by atoms with Gasteiger partial charge < -0.3 is 10.1 Å². The van der Waals surface area contributed by atoms with Crippen LogP contribution in [0, 0.1) is 11.3 Å². The number of rotatable bonds is 5. The Morgan fingerprint density at radius 1 is 1.21 bits per heavy atom. The molecule has 1 amide bonds. The number of fused-ring (bicyclic) bond motifs is 1. The maximum Gasteiger partial charge on any atom is 0.338 e. The van der Waals surface area contributed by atoms with Crippen molar-refractivity contribution in [1.29, 1.82) is 5.26 Å². The molecule has 1 aromatic heterocycles. The zero-order valence-corrected chi connectivity index (χ0v) is 17.5. The Balaban J connectivity index is 1.67. The van der Waals surface area contributed by atoms with Crippen LogP contribution in [0.5, 0.6) is 0 Å². The molecule has 3 rings (SSSR count). The molecule has 0 fully saturated rings. The lowest BCUT2D eigenvalue weighted by Gasteiger charge is -2.13. The van der Waals surface area contributed by atoms with Crippen LogP contribution in [0.4, 0.5) is 5.00 Å². The first-order valence-electron chi connectivity index (χ1n) is 9.24. The Kier molecular flexibility index (Phi) is 6.76. The molecule has 146 valence electrons. The summed E-state index contributed by atoms with van der Waals surface area (Å²) < 4.78 is 5.30. The molecule has 0 saturated heterocycles. The highest BCUT2D eigenvalue weighted by molar-refractivity contribution is 7.98. The Morgan fingerprint density at radius 2 is 1.93 bits per heavy atom. The van der Waals surface area contributed by atoms with E-state index < -0.39 is 18.0 Å². The third kappa shape index (κ3) is 4.57. The first-order chi connectivity index (χ1) is 13.5. The number of thioether (sulfide) groups is 1. The van der Waals surface area contributed by atoms with E-state index in [1.807, 2.05) is 18.4 Å². The quantitative estimate of drug-likeness (QED) is 0.432. The molecule has 2 aromatic rings. The number of carbonyl (C=O) groups excluding carboxylic acids is 2. The minimum Gasteiger partial charge on any atom is -0.449 e. The molecule has 28 heavy (non-hydrogen) atoms. The lowest BCUT2D eigenvalue weighted by Crippen LogP contribution is -2.30. The number of nitrogens with zero attached hydrogens (tertiary/aromatic N) is 1. The molecule has 0 unspecified atom stereocenters. The second kappa shape index (κ2) is 9.26. The van der Waals surface area contributed by atoms with Crippen LogP contribution in [0.1, 0.15) is 52.5 Å². The summed E-state index contributed by atoms with van der Waals surface area (Å²) in [6.45, 7) is 1.54. The molecule has 0 saturated carbocycles. The average Bonchev–Trinajstić information content (AvgIpc) is 2.86. The van der Waals surface area contributed by atoms with Crippen molar-refractivity contribution >= 4 is 40.0 Å². The largest absolute Gasteiger partial charge is 0.449 e. The van der Waals surface area contributed by atoms with E-state index in [9.17, 15) is 14.9 Å². The smallest absolute Gasteiger partial charge is 0.338 e. The van der Waals surface area contributed by atoms with Crippen molar-refractivity contribution in [2.45, 2.75) is 50.0 Å². The topological polar surface area (TPSA) is 79.2 Å². The molecule has 0 aliphatic heterocycles. The molecule has 7 heteroatoms. The Hall–Kier alpha value is -2.30. The molecular weight excluding hydrogens is 392 g/mol. The van der Waals surface area contributed by atoms with Gasteiger partial charge in [0.25, 0.3) is 5.91 Å². The number of nitrogens with one attached hydrogen (secondary N) is 1. The van der Waals surface area contributed by atoms with Crippen molar-refractivity contribution in [2.75, 3.05) is 11.6 Å². The SMILES string of the molecule is CSc1ccc(C(=O)O[C@H](C)C(=O)Nc2sc3c(c2C#N)CCCCC3)cc1. The van der Waals surface area contributed by atoms with E-state index in [4.69, 9.17) is 4.74 Å². The number of ether oxygens (including phenoxy) is 1. The molecule has 1 aliphatic rings. The summed E-state index contributed by atoms with van der Waals surface area (Å²) in [4.78, 5) is 27.0. The van der Waals surface area contributed by atoms with E-state index in [1.165, 1.54) is 29.6 Å². The molecule has 0 radical (unpaired) electrons. The molecule has 1 aromatic carbocycles. The van der Waals surface area contributed by atoms with Gasteiger partial charge in [-0.3, -0.25) is 4.79 Å². The summed E-state index contributed by atoms with van der Waals surface area (Å²) in [5.74, 6) is -0.972. The van der Waals surface area contributed by atoms with E-state index in [0.29, 0.717) is 16.1 Å². The lowest BCUT2D eigenvalue weighted by molar-refractivity contribution is -0.123. The summed E-state index contributed by atoms with van der Waals surface area (Å²) >= 11 is 3.05. The second-order valence-electron chi connectivity index (χ2n) is 6.65. The summed E-state index contributed by atoms with van der Waals surface area (Å²) in [6.07, 6.45) is 6.16. The number of nitriles is 1. The number of hydrogen-bond acceptors (Lipinski definition) is 6. The van der Waals surface area contributed by atoms with Crippen molar-refractivity contribution in [3.8, 4) is 6.07 Å². The normalized spacial score (nSPS) is 14.3. The van der Waals surface area contributed by atoms with Crippen molar-refractivity contribution in [3.05, 3.63) is 45.8 Å². The molecule has 0 spiro atoms. The third-order valence-corrected chi connectivity index (χ3v) is 6.70. The Bertz CT molecular complexity index is 913. The van der Waals surface area contributed by atoms with Gasteiger partial charge in [0, 0.05) is 9.77 Å². The van der Waals surface area contributed by atoms with Gasteiger partial charge in [-0.25, -0.2) is 4.79 Å². The summed E-state index contributed by atoms with van der Waals surface area (Å²) in [6, 6.07) is 9.28. The average molecular weight is 415 g/mol. The summed E-state index contributed by atoms with van der Waals surface area (Å²) in [7, 11) is 0. The van der Waals surface area contributed by atoms with Gasteiger partial charge in [-0.15, -0.1) is 23.1 Å². The molecule has 1 heterocycles. The monoisotopic (exact) mass is 414 g/mol. The molecule has 1 N–H and O–H groups in total. The van der Waals surface area contributed by atoms with E-state index in [2.05, 4.69) is 11.4 Å². The van der Waals surface area contributed by atoms with Crippen molar-refractivity contribution < 1.29 is 14.3 Å². The van der Waals surface area contributed by atoms with Crippen molar-refractivity contribution in [2.24, 2.45) is 0 Å². The minimum absolute atomic E-state index is 0.401. The highest BCUT2D eigenvalue weighted by Gasteiger charge is 2.24. The van der Waals surface area contributed by atoms with Gasteiger partial charge in [0.2, 0.25) is 0 Å². The van der Waals surface area contributed by atoms with Crippen LogP contribution in [-0.4, -0.2) is 24.2 Å². The maximum atomic E-state index is 12.5. The Morgan fingerprint density at radius 3 is 2.61 bits per heavy atom. The highest BCUT2D eigenvalue weighted by atomic mass is 32.2. The van der Waals surface area contributed by atoms with Crippen LogP contribution in [0.25, 0.3) is 0 Å². The minimum atomic E-state index is -0.957. The summed E-state index contributed by atoms with van der Waals surface area (Å²) in [5.41, 5.74) is 2.03. The first kappa shape index (κ1) is 20.4. The molecule has 0 bridgehead atoms. The number of hydrogen-bond donors (Lipinski definition) is 1. The van der Waals surface area contributed by atoms with E-state index in [-0.39, 0.29) is 0 Å². The second-order valence-corrected chi connectivity index (χ2v) is 8.63. The summed E-state index contributed by atoms with van der Waals surface area (Å²) in [5, 5.41) is 12.9. The number of amides is 1. The zero-order chi connectivity index (χ0) is 20.1. The predicted octanol–water partition coefficient (Wildman–Crippen LogP) is 4.79. The van der Waals surface area contributed by atoms with Gasteiger partial charge in [0.15, 0.2) is 6.10 Å². The van der Waals surface area contributed by atoms with Crippen LogP contribution in [0.2, 0.25) is 0 Å². The van der Waals surface area contributed by atoms with Gasteiger partial charge in [-0.2, -0.15) is 5.26 Å². The number of aryl methyl sites for hydroxylation is 1. The Labute approximate surface area is 173 Å². The van der Waals surface area contributed by atoms with Gasteiger partial charge in [-0.05, 0) is 68.7 Å². The number of thiophene rings is 1. The first-order valence-corrected chi connectivity index (χ1v) is 11.3. The number of carbonyl (C=O) groups is 2. The van der Waals surface area contributed by atoms with E-state index in [0.717, 1.165) is 36.1 Å². The van der Waals surface area contributed by atoms with Crippen molar-refractivity contribution in [3.63, 3.8) is 0 Å². The van der Waals surface area contributed by atoms with Gasteiger partial charge in [0.05, 0.1) is 11.1 Å². The van der Waals surface area contributed by atoms with Gasteiger partial charge in [-0.1, -0.05) is 6.42 Å². The number of anilines is 1. The van der Waals surface area contributed by atoms with E-state index >= 15 is 0 Å².